The van der Waals surface area contributed by atoms with E-state index in [9.17, 15) is 4.79 Å². The third kappa shape index (κ3) is 10.9. The Morgan fingerprint density at radius 2 is 1.41 bits per heavy atom. The monoisotopic (exact) mass is 512 g/mol. The molecule has 3 nitrogen and oxygen atoms in total. The topological polar surface area (TPSA) is 23.6 Å². The van der Waals surface area contributed by atoms with Crippen LogP contribution in [0.4, 0.5) is 0 Å². The smallest absolute Gasteiger partial charge is 0.225 e. The normalized spacial score (nSPS) is 30.1. The number of hydrogen-bond acceptors (Lipinski definition) is 2. The van der Waals surface area contributed by atoms with Crippen LogP contribution in [0, 0.1) is 23.7 Å². The molecular formula is C34H60N2O. The van der Waals surface area contributed by atoms with Crippen LogP contribution in [0.25, 0.3) is 0 Å². The SMILES string of the molecule is C=CCCCCCC[C@@H]1CN2CCCCCCCCCC[C@@H]3C[C@@H](CN(CCCCC=C)C3=O)[C@H]1CC2. The number of fused-ring (bicyclic) bond motifs is 11. The largest absolute Gasteiger partial charge is 0.342 e. The molecule has 0 spiro atoms. The van der Waals surface area contributed by atoms with E-state index in [1.54, 1.807) is 0 Å². The van der Waals surface area contributed by atoms with Crippen molar-refractivity contribution in [2.45, 2.75) is 128 Å². The molecule has 0 aromatic heterocycles. The van der Waals surface area contributed by atoms with E-state index in [1.807, 2.05) is 6.08 Å². The zero-order valence-corrected chi connectivity index (χ0v) is 24.4. The number of allylic oxidation sites excluding steroid dienone is 2. The van der Waals surface area contributed by atoms with Gasteiger partial charge in [-0.25, -0.2) is 0 Å². The van der Waals surface area contributed by atoms with E-state index < -0.39 is 0 Å². The third-order valence-electron chi connectivity index (χ3n) is 9.78. The summed E-state index contributed by atoms with van der Waals surface area (Å²) in [5.41, 5.74) is 0. The van der Waals surface area contributed by atoms with Crippen molar-refractivity contribution in [1.29, 1.82) is 0 Å². The van der Waals surface area contributed by atoms with Crippen LogP contribution in [-0.2, 0) is 4.79 Å². The Hall–Kier alpha value is -1.09. The number of likely N-dealkylation sites (tertiary alicyclic amines) is 1. The Morgan fingerprint density at radius 1 is 0.730 bits per heavy atom. The highest BCUT2D eigenvalue weighted by molar-refractivity contribution is 5.79. The highest BCUT2D eigenvalue weighted by Gasteiger charge is 2.41. The number of rotatable bonds is 12. The maximum Gasteiger partial charge on any atom is 0.225 e. The predicted octanol–water partition coefficient (Wildman–Crippen LogP) is 8.80. The van der Waals surface area contributed by atoms with Gasteiger partial charge in [0.05, 0.1) is 0 Å². The van der Waals surface area contributed by atoms with Crippen molar-refractivity contribution >= 4 is 5.91 Å². The molecule has 1 amide bonds. The molecule has 5 atom stereocenters. The van der Waals surface area contributed by atoms with Gasteiger partial charge in [0.25, 0.3) is 0 Å². The average Bonchev–Trinajstić information content (AvgIpc) is 2.91. The van der Waals surface area contributed by atoms with E-state index in [4.69, 9.17) is 0 Å². The van der Waals surface area contributed by atoms with Crippen LogP contribution in [0.2, 0.25) is 0 Å². The molecule has 0 radical (unpaired) electrons. The summed E-state index contributed by atoms with van der Waals surface area (Å²) in [4.78, 5) is 18.7. The summed E-state index contributed by atoms with van der Waals surface area (Å²) < 4.78 is 0. The summed E-state index contributed by atoms with van der Waals surface area (Å²) >= 11 is 0. The van der Waals surface area contributed by atoms with Gasteiger partial charge in [0.15, 0.2) is 0 Å². The molecule has 0 aromatic rings. The van der Waals surface area contributed by atoms with Crippen molar-refractivity contribution in [3.8, 4) is 0 Å². The van der Waals surface area contributed by atoms with Gasteiger partial charge in [-0.3, -0.25) is 4.79 Å². The molecule has 0 saturated carbocycles. The first-order valence-corrected chi connectivity index (χ1v) is 16.5. The van der Waals surface area contributed by atoms with Crippen molar-refractivity contribution in [2.75, 3.05) is 32.7 Å². The van der Waals surface area contributed by atoms with E-state index in [0.29, 0.717) is 11.8 Å². The number of carbonyl (C=O) groups is 1. The minimum absolute atomic E-state index is 0.284. The summed E-state index contributed by atoms with van der Waals surface area (Å²) in [5, 5.41) is 0. The van der Waals surface area contributed by atoms with Crippen molar-refractivity contribution in [3.05, 3.63) is 25.3 Å². The summed E-state index contributed by atoms with van der Waals surface area (Å²) in [5.74, 6) is 3.12. The van der Waals surface area contributed by atoms with E-state index >= 15 is 0 Å². The molecule has 0 N–H and O–H groups in total. The molecule has 0 aromatic carbocycles. The number of piperidine rings is 2. The van der Waals surface area contributed by atoms with Gasteiger partial charge in [-0.05, 0) is 95.1 Å². The number of amides is 1. The van der Waals surface area contributed by atoms with Crippen LogP contribution in [0.3, 0.4) is 0 Å². The van der Waals surface area contributed by atoms with E-state index in [2.05, 4.69) is 29.0 Å². The van der Waals surface area contributed by atoms with E-state index in [1.165, 1.54) is 122 Å². The molecule has 37 heavy (non-hydrogen) atoms. The Balaban J connectivity index is 1.68. The van der Waals surface area contributed by atoms with Crippen LogP contribution >= 0.6 is 0 Å². The Morgan fingerprint density at radius 3 is 2.16 bits per heavy atom. The Kier molecular flexibility index (Phi) is 15.0. The maximum atomic E-state index is 13.6. The van der Waals surface area contributed by atoms with Gasteiger partial charge >= 0.3 is 0 Å². The molecular weight excluding hydrogens is 452 g/mol. The molecule has 4 saturated heterocycles. The number of unbranched alkanes of at least 4 members (excludes halogenated alkanes) is 6. The molecule has 4 rings (SSSR count). The fourth-order valence-corrected chi connectivity index (χ4v) is 7.61. The van der Waals surface area contributed by atoms with E-state index in [0.717, 1.165) is 50.6 Å². The lowest BCUT2D eigenvalue weighted by atomic mass is 9.69. The zero-order valence-electron chi connectivity index (χ0n) is 24.4. The zero-order chi connectivity index (χ0) is 26.1. The fourth-order valence-electron chi connectivity index (χ4n) is 7.61. The maximum absolute atomic E-state index is 13.6. The number of carbonyl (C=O) groups excluding carboxylic acids is 1. The first-order chi connectivity index (χ1) is 18.2. The van der Waals surface area contributed by atoms with Crippen molar-refractivity contribution < 1.29 is 4.79 Å². The van der Waals surface area contributed by atoms with Gasteiger partial charge in [-0.15, -0.1) is 13.2 Å². The second kappa shape index (κ2) is 18.2. The summed E-state index contributed by atoms with van der Waals surface area (Å²) in [6.45, 7) is 13.7. The van der Waals surface area contributed by atoms with Crippen LogP contribution in [0.5, 0.6) is 0 Å². The standard InChI is InChI=1S/C34H60N2O/c1-3-5-7-9-14-18-22-31-28-35-24-19-16-13-11-10-12-15-17-21-30-27-32(33(31)23-26-35)29-36(34(30)37)25-20-8-6-4-2/h3-4,30-33H,1-2,5-29H2/t30-,31-,32+,33+/m1/s1. The first kappa shape index (κ1) is 30.5. The highest BCUT2D eigenvalue weighted by atomic mass is 16.2. The minimum Gasteiger partial charge on any atom is -0.342 e. The van der Waals surface area contributed by atoms with Gasteiger partial charge in [0.2, 0.25) is 5.91 Å². The van der Waals surface area contributed by atoms with E-state index in [-0.39, 0.29) is 5.92 Å². The quantitative estimate of drug-likeness (QED) is 0.193. The average molecular weight is 513 g/mol. The molecule has 3 heteroatoms. The minimum atomic E-state index is 0.284. The second-order valence-electron chi connectivity index (χ2n) is 12.7. The molecule has 1 unspecified atom stereocenters. The lowest BCUT2D eigenvalue weighted by Crippen LogP contribution is -2.51. The van der Waals surface area contributed by atoms with Gasteiger partial charge < -0.3 is 9.80 Å². The Bertz CT molecular complexity index is 646. The van der Waals surface area contributed by atoms with Gasteiger partial charge in [0.1, 0.15) is 0 Å². The molecule has 4 heterocycles. The van der Waals surface area contributed by atoms with Gasteiger partial charge in [0, 0.05) is 25.6 Å². The molecule has 4 aliphatic rings. The molecule has 212 valence electrons. The lowest BCUT2D eigenvalue weighted by Gasteiger charge is -2.47. The number of hydrogen-bond donors (Lipinski definition) is 0. The highest BCUT2D eigenvalue weighted by Crippen LogP contribution is 2.40. The van der Waals surface area contributed by atoms with Gasteiger partial charge in [-0.1, -0.05) is 76.4 Å². The molecule has 4 bridgehead atoms. The summed E-state index contributed by atoms with van der Waals surface area (Å²) in [6.07, 6.45) is 30.0. The van der Waals surface area contributed by atoms with Crippen molar-refractivity contribution in [1.82, 2.24) is 9.80 Å². The van der Waals surface area contributed by atoms with Crippen molar-refractivity contribution in [3.63, 3.8) is 0 Å². The molecule has 4 aliphatic heterocycles. The van der Waals surface area contributed by atoms with Crippen LogP contribution in [-0.4, -0.2) is 48.4 Å². The van der Waals surface area contributed by atoms with Crippen LogP contribution in [0.15, 0.2) is 25.3 Å². The summed E-state index contributed by atoms with van der Waals surface area (Å²) in [6, 6.07) is 0. The first-order valence-electron chi connectivity index (χ1n) is 16.5. The van der Waals surface area contributed by atoms with Gasteiger partial charge in [-0.2, -0.15) is 0 Å². The second-order valence-corrected chi connectivity index (χ2v) is 12.7. The molecule has 0 aliphatic carbocycles. The lowest BCUT2D eigenvalue weighted by molar-refractivity contribution is -0.142. The van der Waals surface area contributed by atoms with Crippen molar-refractivity contribution in [2.24, 2.45) is 23.7 Å². The van der Waals surface area contributed by atoms with Crippen LogP contribution < -0.4 is 0 Å². The third-order valence-corrected chi connectivity index (χ3v) is 9.78. The fraction of sp³-hybridized carbons (Fsp3) is 0.853. The Labute approximate surface area is 230 Å². The molecule has 4 fully saturated rings. The summed E-state index contributed by atoms with van der Waals surface area (Å²) in [7, 11) is 0. The van der Waals surface area contributed by atoms with Crippen LogP contribution in [0.1, 0.15) is 128 Å². The predicted molar refractivity (Wildman–Crippen MR) is 160 cm³/mol. The number of nitrogens with zero attached hydrogens (tertiary/aromatic N) is 2.